The average molecular weight is 349 g/mol. The lowest BCUT2D eigenvalue weighted by Crippen LogP contribution is -2.41. The summed E-state index contributed by atoms with van der Waals surface area (Å²) in [7, 11) is 3.86. The first kappa shape index (κ1) is 16.5. The van der Waals surface area contributed by atoms with Crippen LogP contribution in [0, 0.1) is 0 Å². The van der Waals surface area contributed by atoms with Crippen LogP contribution in [0.15, 0.2) is 22.7 Å². The van der Waals surface area contributed by atoms with Crippen molar-refractivity contribution in [1.82, 2.24) is 4.90 Å². The molecule has 1 aromatic rings. The van der Waals surface area contributed by atoms with Gasteiger partial charge in [-0.05, 0) is 45.6 Å². The van der Waals surface area contributed by atoms with E-state index in [2.05, 4.69) is 15.9 Å². The number of hydrogen-bond acceptors (Lipinski definition) is 3. The van der Waals surface area contributed by atoms with Crippen LogP contribution in [0.4, 0.5) is 0 Å². The molecule has 0 N–H and O–H groups in total. The molecule has 1 aromatic carbocycles. The number of nitrogens with zero attached hydrogens (tertiary/aromatic N) is 1. The molecule has 1 unspecified atom stereocenters. The summed E-state index contributed by atoms with van der Waals surface area (Å²) in [5.74, 6) is -0.224. The third-order valence-corrected chi connectivity index (χ3v) is 4.10. The fraction of sp³-hybridized carbons (Fsp3) is 0.500. The third kappa shape index (κ3) is 3.94. The Bertz CT molecular complexity index is 465. The number of rotatable bonds is 5. The standard InChI is InChI=1S/C14H19BrClNO2/c1-5-19-13(18)9-14(2,17(3)4)11-7-6-10(15)8-12(11)16/h6-8H,5,9H2,1-4H3. The molecule has 106 valence electrons. The molecule has 0 spiro atoms. The number of hydrogen-bond donors (Lipinski definition) is 0. The summed E-state index contributed by atoms with van der Waals surface area (Å²) in [5, 5.41) is 0.634. The van der Waals surface area contributed by atoms with Crippen molar-refractivity contribution in [2.75, 3.05) is 20.7 Å². The van der Waals surface area contributed by atoms with E-state index in [4.69, 9.17) is 16.3 Å². The molecule has 5 heteroatoms. The predicted octanol–water partition coefficient (Wildman–Crippen LogP) is 3.83. The minimum atomic E-state index is -0.496. The number of halogens is 2. The molecule has 0 aliphatic carbocycles. The van der Waals surface area contributed by atoms with E-state index < -0.39 is 5.54 Å². The summed E-state index contributed by atoms with van der Waals surface area (Å²) >= 11 is 9.70. The average Bonchev–Trinajstić information content (AvgIpc) is 2.28. The monoisotopic (exact) mass is 347 g/mol. The van der Waals surface area contributed by atoms with Gasteiger partial charge >= 0.3 is 5.97 Å². The van der Waals surface area contributed by atoms with Gasteiger partial charge in [0.2, 0.25) is 0 Å². The molecule has 0 fully saturated rings. The number of carbonyl (C=O) groups is 1. The van der Waals surface area contributed by atoms with Crippen molar-refractivity contribution in [3.8, 4) is 0 Å². The highest BCUT2D eigenvalue weighted by Crippen LogP contribution is 2.36. The quantitative estimate of drug-likeness (QED) is 0.757. The van der Waals surface area contributed by atoms with E-state index in [1.807, 2.05) is 44.1 Å². The third-order valence-electron chi connectivity index (χ3n) is 3.29. The summed E-state index contributed by atoms with van der Waals surface area (Å²) in [5.41, 5.74) is 0.416. The lowest BCUT2D eigenvalue weighted by molar-refractivity contribution is -0.146. The van der Waals surface area contributed by atoms with Gasteiger partial charge in [-0.3, -0.25) is 9.69 Å². The zero-order chi connectivity index (χ0) is 14.6. The first-order chi connectivity index (χ1) is 8.81. The molecule has 0 radical (unpaired) electrons. The van der Waals surface area contributed by atoms with Crippen LogP contribution in [0.25, 0.3) is 0 Å². The van der Waals surface area contributed by atoms with Crippen LogP contribution in [0.2, 0.25) is 5.02 Å². The maximum Gasteiger partial charge on any atom is 0.308 e. The second kappa shape index (κ2) is 6.73. The lowest BCUT2D eigenvalue weighted by Gasteiger charge is -2.37. The second-order valence-corrected chi connectivity index (χ2v) is 6.10. The highest BCUT2D eigenvalue weighted by atomic mass is 79.9. The highest BCUT2D eigenvalue weighted by molar-refractivity contribution is 9.10. The van der Waals surface area contributed by atoms with Crippen LogP contribution in [-0.4, -0.2) is 31.6 Å². The Labute approximate surface area is 128 Å². The van der Waals surface area contributed by atoms with Crippen molar-refractivity contribution >= 4 is 33.5 Å². The van der Waals surface area contributed by atoms with Gasteiger partial charge in [-0.2, -0.15) is 0 Å². The van der Waals surface area contributed by atoms with Crippen LogP contribution in [0.5, 0.6) is 0 Å². The van der Waals surface area contributed by atoms with Crippen LogP contribution >= 0.6 is 27.5 Å². The Morgan fingerprint density at radius 2 is 2.11 bits per heavy atom. The summed E-state index contributed by atoms with van der Waals surface area (Å²) in [4.78, 5) is 13.8. The summed E-state index contributed by atoms with van der Waals surface area (Å²) < 4.78 is 5.97. The molecule has 0 bridgehead atoms. The predicted molar refractivity (Wildman–Crippen MR) is 81.4 cm³/mol. The van der Waals surface area contributed by atoms with E-state index in [1.165, 1.54) is 0 Å². The summed E-state index contributed by atoms with van der Waals surface area (Å²) in [6.45, 7) is 4.17. The zero-order valence-electron chi connectivity index (χ0n) is 11.7. The Morgan fingerprint density at radius 3 is 2.58 bits per heavy atom. The van der Waals surface area contributed by atoms with Crippen molar-refractivity contribution in [2.45, 2.75) is 25.8 Å². The molecular formula is C14H19BrClNO2. The van der Waals surface area contributed by atoms with E-state index in [-0.39, 0.29) is 12.4 Å². The smallest absolute Gasteiger partial charge is 0.308 e. The molecule has 0 aromatic heterocycles. The molecule has 19 heavy (non-hydrogen) atoms. The number of esters is 1. The van der Waals surface area contributed by atoms with E-state index in [0.29, 0.717) is 11.6 Å². The maximum atomic E-state index is 11.8. The zero-order valence-corrected chi connectivity index (χ0v) is 14.0. The van der Waals surface area contributed by atoms with E-state index in [0.717, 1.165) is 10.0 Å². The molecule has 1 atom stereocenters. The Balaban J connectivity index is 3.14. The van der Waals surface area contributed by atoms with Crippen LogP contribution in [0.3, 0.4) is 0 Å². The molecule has 0 heterocycles. The topological polar surface area (TPSA) is 29.5 Å². The number of benzene rings is 1. The van der Waals surface area contributed by atoms with Gasteiger partial charge in [0.25, 0.3) is 0 Å². The van der Waals surface area contributed by atoms with Crippen molar-refractivity contribution < 1.29 is 9.53 Å². The van der Waals surface area contributed by atoms with Crippen molar-refractivity contribution in [3.05, 3.63) is 33.3 Å². The molecule has 0 saturated heterocycles. The Hall–Kier alpha value is -0.580. The van der Waals surface area contributed by atoms with Crippen LogP contribution in [0.1, 0.15) is 25.8 Å². The SMILES string of the molecule is CCOC(=O)CC(C)(c1ccc(Br)cc1Cl)N(C)C. The van der Waals surface area contributed by atoms with E-state index in [1.54, 1.807) is 6.92 Å². The molecule has 0 saturated carbocycles. The lowest BCUT2D eigenvalue weighted by atomic mass is 9.87. The summed E-state index contributed by atoms with van der Waals surface area (Å²) in [6, 6.07) is 5.70. The Kier molecular flexibility index (Phi) is 5.83. The maximum absolute atomic E-state index is 11.8. The van der Waals surface area contributed by atoms with Gasteiger partial charge in [0.05, 0.1) is 18.6 Å². The van der Waals surface area contributed by atoms with Gasteiger partial charge in [0.15, 0.2) is 0 Å². The van der Waals surface area contributed by atoms with Crippen molar-refractivity contribution in [2.24, 2.45) is 0 Å². The van der Waals surface area contributed by atoms with Gasteiger partial charge in [0.1, 0.15) is 0 Å². The van der Waals surface area contributed by atoms with Gasteiger partial charge in [-0.1, -0.05) is 33.6 Å². The van der Waals surface area contributed by atoms with Gasteiger partial charge in [-0.15, -0.1) is 0 Å². The minimum Gasteiger partial charge on any atom is -0.466 e. The van der Waals surface area contributed by atoms with E-state index >= 15 is 0 Å². The van der Waals surface area contributed by atoms with Crippen LogP contribution in [-0.2, 0) is 15.1 Å². The molecular weight excluding hydrogens is 330 g/mol. The van der Waals surface area contributed by atoms with Gasteiger partial charge in [0, 0.05) is 9.50 Å². The fourth-order valence-corrected chi connectivity index (χ4v) is 2.79. The second-order valence-electron chi connectivity index (χ2n) is 4.77. The summed E-state index contributed by atoms with van der Waals surface area (Å²) in [6.07, 6.45) is 0.259. The fourth-order valence-electron chi connectivity index (χ4n) is 1.91. The van der Waals surface area contributed by atoms with Crippen LogP contribution < -0.4 is 0 Å². The van der Waals surface area contributed by atoms with Crippen molar-refractivity contribution in [1.29, 1.82) is 0 Å². The van der Waals surface area contributed by atoms with Crippen molar-refractivity contribution in [3.63, 3.8) is 0 Å². The molecule has 0 aliphatic heterocycles. The molecule has 0 amide bonds. The minimum absolute atomic E-state index is 0.224. The number of carbonyl (C=O) groups excluding carboxylic acids is 1. The first-order valence-corrected chi connectivity index (χ1v) is 7.27. The first-order valence-electron chi connectivity index (χ1n) is 6.10. The van der Waals surface area contributed by atoms with E-state index in [9.17, 15) is 4.79 Å². The van der Waals surface area contributed by atoms with Gasteiger partial charge < -0.3 is 4.74 Å². The largest absolute Gasteiger partial charge is 0.466 e. The molecule has 1 rings (SSSR count). The van der Waals surface area contributed by atoms with Gasteiger partial charge in [-0.25, -0.2) is 0 Å². The highest BCUT2D eigenvalue weighted by Gasteiger charge is 2.34. The molecule has 3 nitrogen and oxygen atoms in total. The molecule has 0 aliphatic rings. The number of ether oxygens (including phenoxy) is 1. The normalized spacial score (nSPS) is 14.3. The Morgan fingerprint density at radius 1 is 1.47 bits per heavy atom.